The summed E-state index contributed by atoms with van der Waals surface area (Å²) in [6.07, 6.45) is 1.10. The standard InChI is InChI=1S/C13H28O4/c1-13(2,3)10-12(17-9-7-15-5)11-16-8-6-14-4/h12H,6-11H2,1-5H3. The average Bonchev–Trinajstić information content (AvgIpc) is 2.22. The van der Waals surface area contributed by atoms with Gasteiger partial charge in [0.1, 0.15) is 0 Å². The van der Waals surface area contributed by atoms with E-state index in [-0.39, 0.29) is 11.5 Å². The molecule has 0 saturated heterocycles. The summed E-state index contributed by atoms with van der Waals surface area (Å²) in [6, 6.07) is 0. The van der Waals surface area contributed by atoms with Gasteiger partial charge in [-0.15, -0.1) is 0 Å². The molecule has 0 aromatic carbocycles. The van der Waals surface area contributed by atoms with Crippen molar-refractivity contribution in [2.45, 2.75) is 33.3 Å². The monoisotopic (exact) mass is 248 g/mol. The first kappa shape index (κ1) is 16.8. The number of ether oxygens (including phenoxy) is 4. The van der Waals surface area contributed by atoms with Gasteiger partial charge in [0.2, 0.25) is 0 Å². The van der Waals surface area contributed by atoms with Crippen LogP contribution in [0.1, 0.15) is 27.2 Å². The highest BCUT2D eigenvalue weighted by atomic mass is 16.6. The minimum absolute atomic E-state index is 0.127. The van der Waals surface area contributed by atoms with E-state index in [1.807, 2.05) is 0 Å². The van der Waals surface area contributed by atoms with Gasteiger partial charge < -0.3 is 18.9 Å². The maximum atomic E-state index is 5.75. The van der Waals surface area contributed by atoms with E-state index in [1.54, 1.807) is 14.2 Å². The van der Waals surface area contributed by atoms with Crippen LogP contribution in [0.4, 0.5) is 0 Å². The molecule has 17 heavy (non-hydrogen) atoms. The lowest BCUT2D eigenvalue weighted by atomic mass is 9.89. The van der Waals surface area contributed by atoms with E-state index in [0.717, 1.165) is 6.42 Å². The van der Waals surface area contributed by atoms with Crippen LogP contribution in [0.3, 0.4) is 0 Å². The quantitative estimate of drug-likeness (QED) is 0.555. The highest BCUT2D eigenvalue weighted by Crippen LogP contribution is 2.22. The molecule has 0 fully saturated rings. The molecule has 0 aliphatic rings. The Morgan fingerprint density at radius 3 is 2.00 bits per heavy atom. The lowest BCUT2D eigenvalue weighted by molar-refractivity contribution is -0.0544. The molecule has 1 unspecified atom stereocenters. The van der Waals surface area contributed by atoms with E-state index in [2.05, 4.69) is 20.8 Å². The summed E-state index contributed by atoms with van der Waals surface area (Å²) in [5.74, 6) is 0. The third kappa shape index (κ3) is 12.1. The van der Waals surface area contributed by atoms with Gasteiger partial charge in [-0.25, -0.2) is 0 Å². The Bertz CT molecular complexity index is 165. The third-order valence-electron chi connectivity index (χ3n) is 2.22. The van der Waals surface area contributed by atoms with Crippen LogP contribution < -0.4 is 0 Å². The smallest absolute Gasteiger partial charge is 0.0814 e. The van der Waals surface area contributed by atoms with Gasteiger partial charge in [0.25, 0.3) is 0 Å². The minimum atomic E-state index is 0.127. The predicted molar refractivity (Wildman–Crippen MR) is 68.4 cm³/mol. The Hall–Kier alpha value is -0.160. The Kier molecular flexibility index (Phi) is 9.74. The first-order valence-electron chi connectivity index (χ1n) is 6.17. The number of rotatable bonds is 10. The van der Waals surface area contributed by atoms with Crippen LogP contribution in [0, 0.1) is 5.41 Å². The van der Waals surface area contributed by atoms with Crippen molar-refractivity contribution in [3.63, 3.8) is 0 Å². The van der Waals surface area contributed by atoms with Crippen molar-refractivity contribution in [2.75, 3.05) is 47.3 Å². The summed E-state index contributed by atoms with van der Waals surface area (Å²) >= 11 is 0. The first-order valence-corrected chi connectivity index (χ1v) is 6.17. The van der Waals surface area contributed by atoms with Gasteiger partial charge in [0.05, 0.1) is 39.1 Å². The summed E-state index contributed by atoms with van der Waals surface area (Å²) < 4.78 is 21.2. The van der Waals surface area contributed by atoms with Crippen molar-refractivity contribution in [2.24, 2.45) is 5.41 Å². The summed E-state index contributed by atoms with van der Waals surface area (Å²) in [5, 5.41) is 0. The third-order valence-corrected chi connectivity index (χ3v) is 2.22. The summed E-state index contributed by atoms with van der Waals surface area (Å²) in [5.41, 5.74) is 0.238. The fraction of sp³-hybridized carbons (Fsp3) is 1.00. The lowest BCUT2D eigenvalue weighted by Crippen LogP contribution is -2.27. The Morgan fingerprint density at radius 1 is 0.882 bits per heavy atom. The van der Waals surface area contributed by atoms with Crippen molar-refractivity contribution in [3.05, 3.63) is 0 Å². The molecule has 0 aliphatic carbocycles. The molecule has 0 aromatic heterocycles. The molecular weight excluding hydrogens is 220 g/mol. The van der Waals surface area contributed by atoms with Crippen molar-refractivity contribution in [1.82, 2.24) is 0 Å². The van der Waals surface area contributed by atoms with Gasteiger partial charge in [0.15, 0.2) is 0 Å². The van der Waals surface area contributed by atoms with Crippen LogP contribution in [-0.4, -0.2) is 53.4 Å². The largest absolute Gasteiger partial charge is 0.382 e. The second-order valence-corrected chi connectivity index (χ2v) is 5.32. The number of hydrogen-bond donors (Lipinski definition) is 0. The summed E-state index contributed by atoms with van der Waals surface area (Å²) in [4.78, 5) is 0. The Morgan fingerprint density at radius 2 is 1.47 bits per heavy atom. The lowest BCUT2D eigenvalue weighted by Gasteiger charge is -2.26. The van der Waals surface area contributed by atoms with Gasteiger partial charge in [-0.1, -0.05) is 20.8 Å². The maximum absolute atomic E-state index is 5.75. The molecule has 0 radical (unpaired) electrons. The molecule has 0 rings (SSSR count). The molecule has 0 aromatic rings. The molecule has 0 saturated carbocycles. The topological polar surface area (TPSA) is 36.9 Å². The van der Waals surface area contributed by atoms with Crippen LogP contribution in [0.25, 0.3) is 0 Å². The molecular formula is C13H28O4. The van der Waals surface area contributed by atoms with Crippen molar-refractivity contribution >= 4 is 0 Å². The van der Waals surface area contributed by atoms with Crippen molar-refractivity contribution < 1.29 is 18.9 Å². The van der Waals surface area contributed by atoms with Gasteiger partial charge in [0, 0.05) is 14.2 Å². The van der Waals surface area contributed by atoms with E-state index >= 15 is 0 Å². The molecule has 0 bridgehead atoms. The van der Waals surface area contributed by atoms with Crippen LogP contribution in [0.15, 0.2) is 0 Å². The van der Waals surface area contributed by atoms with Gasteiger partial charge in [-0.05, 0) is 11.8 Å². The van der Waals surface area contributed by atoms with Crippen LogP contribution >= 0.6 is 0 Å². The maximum Gasteiger partial charge on any atom is 0.0814 e. The number of hydrogen-bond acceptors (Lipinski definition) is 4. The van der Waals surface area contributed by atoms with E-state index in [0.29, 0.717) is 33.0 Å². The second-order valence-electron chi connectivity index (χ2n) is 5.32. The fourth-order valence-electron chi connectivity index (χ4n) is 1.50. The van der Waals surface area contributed by atoms with Gasteiger partial charge in [-0.3, -0.25) is 0 Å². The van der Waals surface area contributed by atoms with Crippen molar-refractivity contribution in [3.8, 4) is 0 Å². The molecule has 0 aliphatic heterocycles. The first-order chi connectivity index (χ1) is 7.99. The van der Waals surface area contributed by atoms with Crippen LogP contribution in [0.2, 0.25) is 0 Å². The fourth-order valence-corrected chi connectivity index (χ4v) is 1.50. The molecule has 0 heterocycles. The highest BCUT2D eigenvalue weighted by molar-refractivity contribution is 4.69. The second kappa shape index (κ2) is 9.83. The Labute approximate surface area is 106 Å². The Balaban J connectivity index is 3.84. The minimum Gasteiger partial charge on any atom is -0.382 e. The zero-order valence-corrected chi connectivity index (χ0v) is 12.0. The summed E-state index contributed by atoms with van der Waals surface area (Å²) in [7, 11) is 3.35. The SMILES string of the molecule is COCCOCC(CC(C)(C)C)OCCOC. The highest BCUT2D eigenvalue weighted by Gasteiger charge is 2.19. The molecule has 0 spiro atoms. The molecule has 1 atom stereocenters. The van der Waals surface area contributed by atoms with E-state index in [9.17, 15) is 0 Å². The molecule has 0 amide bonds. The van der Waals surface area contributed by atoms with Crippen molar-refractivity contribution in [1.29, 1.82) is 0 Å². The molecule has 4 nitrogen and oxygen atoms in total. The average molecular weight is 248 g/mol. The molecule has 4 heteroatoms. The van der Waals surface area contributed by atoms with Crippen LogP contribution in [-0.2, 0) is 18.9 Å². The van der Waals surface area contributed by atoms with Gasteiger partial charge >= 0.3 is 0 Å². The normalized spacial score (nSPS) is 13.9. The zero-order chi connectivity index (χ0) is 13.1. The predicted octanol–water partition coefficient (Wildman–Crippen LogP) is 2.12. The van der Waals surface area contributed by atoms with Gasteiger partial charge in [-0.2, -0.15) is 0 Å². The van der Waals surface area contributed by atoms with E-state index < -0.39 is 0 Å². The molecule has 104 valence electrons. The summed E-state index contributed by atoms with van der Waals surface area (Å²) in [6.45, 7) is 9.71. The van der Waals surface area contributed by atoms with Crippen LogP contribution in [0.5, 0.6) is 0 Å². The zero-order valence-electron chi connectivity index (χ0n) is 12.0. The molecule has 0 N–H and O–H groups in total. The van der Waals surface area contributed by atoms with E-state index in [4.69, 9.17) is 18.9 Å². The van der Waals surface area contributed by atoms with E-state index in [1.165, 1.54) is 0 Å². The number of methoxy groups -OCH3 is 2.